The second-order valence-corrected chi connectivity index (χ2v) is 8.96. The van der Waals surface area contributed by atoms with Gasteiger partial charge in [-0.25, -0.2) is 0 Å². The fraction of sp³-hybridized carbons (Fsp3) is 0.333. The normalized spacial score (nSPS) is 12.7. The van der Waals surface area contributed by atoms with Gasteiger partial charge in [-0.1, -0.05) is 43.3 Å². The minimum atomic E-state index is -3.65. The Labute approximate surface area is 165 Å². The summed E-state index contributed by atoms with van der Waals surface area (Å²) in [6, 6.07) is 13.4. The van der Waals surface area contributed by atoms with Crippen LogP contribution in [0.1, 0.15) is 30.1 Å². The van der Waals surface area contributed by atoms with Gasteiger partial charge in [0.15, 0.2) is 7.14 Å². The first-order valence-corrected chi connectivity index (χ1v) is 10.9. The van der Waals surface area contributed by atoms with Gasteiger partial charge in [0.2, 0.25) is 5.52 Å². The molecule has 2 aromatic rings. The molecular weight excluding hydrogens is 379 g/mol. The molecule has 1 unspecified atom stereocenters. The number of benzene rings is 2. The van der Waals surface area contributed by atoms with Crippen molar-refractivity contribution in [3.8, 4) is 11.5 Å². The van der Waals surface area contributed by atoms with E-state index in [1.54, 1.807) is 48.5 Å². The van der Waals surface area contributed by atoms with Gasteiger partial charge < -0.3 is 18.8 Å². The highest BCUT2D eigenvalue weighted by molar-refractivity contribution is 7.87. The molecule has 0 spiro atoms. The highest BCUT2D eigenvalue weighted by Gasteiger charge is 2.38. The molecule has 0 aromatic heterocycles. The fourth-order valence-electron chi connectivity index (χ4n) is 2.80. The van der Waals surface area contributed by atoms with Gasteiger partial charge >= 0.3 is 5.97 Å². The lowest BCUT2D eigenvalue weighted by molar-refractivity contribution is -0.143. The van der Waals surface area contributed by atoms with Crippen LogP contribution in [-0.2, 0) is 14.1 Å². The predicted octanol–water partition coefficient (Wildman–Crippen LogP) is 3.88. The van der Waals surface area contributed by atoms with Gasteiger partial charge in [-0.3, -0.25) is 9.59 Å². The first kappa shape index (κ1) is 21.7. The van der Waals surface area contributed by atoms with E-state index in [-0.39, 0.29) is 29.6 Å². The molecule has 0 radical (unpaired) electrons. The Morgan fingerprint density at radius 3 is 2.07 bits per heavy atom. The molecule has 0 heterocycles. The SMILES string of the molecule is CCCOC(=O)CCP(=O)(C(=O)c1c(OC)cccc1OC)c1ccccc1. The Balaban J connectivity index is 2.47. The van der Waals surface area contributed by atoms with Crippen LogP contribution in [0.2, 0.25) is 0 Å². The molecule has 0 N–H and O–H groups in total. The van der Waals surface area contributed by atoms with Gasteiger partial charge in [0.25, 0.3) is 0 Å². The smallest absolute Gasteiger partial charge is 0.306 e. The van der Waals surface area contributed by atoms with E-state index in [9.17, 15) is 14.2 Å². The van der Waals surface area contributed by atoms with Crippen LogP contribution in [0.3, 0.4) is 0 Å². The third-order valence-electron chi connectivity index (χ3n) is 4.24. The highest BCUT2D eigenvalue weighted by atomic mass is 31.2. The second-order valence-electron chi connectivity index (χ2n) is 6.11. The standard InChI is InChI=1S/C21H25O6P/c1-4-14-27-19(22)13-15-28(24,16-9-6-5-7-10-16)21(23)20-17(25-2)11-8-12-18(20)26-3/h5-12H,4,13-15H2,1-3H3. The summed E-state index contributed by atoms with van der Waals surface area (Å²) < 4.78 is 29.6. The van der Waals surface area contributed by atoms with Gasteiger partial charge in [0.05, 0.1) is 27.2 Å². The fourth-order valence-corrected chi connectivity index (χ4v) is 5.22. The van der Waals surface area contributed by atoms with Crippen LogP contribution in [0.4, 0.5) is 0 Å². The first-order chi connectivity index (χ1) is 13.5. The summed E-state index contributed by atoms with van der Waals surface area (Å²) >= 11 is 0. The zero-order valence-corrected chi connectivity index (χ0v) is 17.2. The summed E-state index contributed by atoms with van der Waals surface area (Å²) in [7, 11) is -0.787. The van der Waals surface area contributed by atoms with Crippen LogP contribution in [0.25, 0.3) is 0 Å². The van der Waals surface area contributed by atoms with Crippen molar-refractivity contribution < 1.29 is 28.4 Å². The number of hydrogen-bond donors (Lipinski definition) is 0. The van der Waals surface area contributed by atoms with E-state index in [0.29, 0.717) is 18.3 Å². The third-order valence-corrected chi connectivity index (χ3v) is 7.11. The summed E-state index contributed by atoms with van der Waals surface area (Å²) in [5.74, 6) is 0.0703. The summed E-state index contributed by atoms with van der Waals surface area (Å²) in [5, 5.41) is 0.385. The van der Waals surface area contributed by atoms with Gasteiger partial charge in [0.1, 0.15) is 17.1 Å². The maximum absolute atomic E-state index is 14.0. The maximum atomic E-state index is 14.0. The minimum absolute atomic E-state index is 0.113. The van der Waals surface area contributed by atoms with Gasteiger partial charge in [0, 0.05) is 11.5 Å². The quantitative estimate of drug-likeness (QED) is 0.442. The molecule has 0 saturated heterocycles. The van der Waals surface area contributed by atoms with Crippen molar-refractivity contribution in [3.63, 3.8) is 0 Å². The number of rotatable bonds is 10. The molecule has 28 heavy (non-hydrogen) atoms. The van der Waals surface area contributed by atoms with Crippen LogP contribution in [-0.4, -0.2) is 38.5 Å². The molecule has 0 bridgehead atoms. The number of methoxy groups -OCH3 is 2. The van der Waals surface area contributed by atoms with Crippen LogP contribution in [0.15, 0.2) is 48.5 Å². The van der Waals surface area contributed by atoms with Gasteiger partial charge in [-0.15, -0.1) is 0 Å². The number of hydrogen-bond acceptors (Lipinski definition) is 6. The third kappa shape index (κ3) is 4.82. The number of ether oxygens (including phenoxy) is 3. The zero-order chi connectivity index (χ0) is 20.6. The molecule has 0 aliphatic carbocycles. The van der Waals surface area contributed by atoms with Crippen LogP contribution in [0.5, 0.6) is 11.5 Å². The van der Waals surface area contributed by atoms with E-state index in [1.165, 1.54) is 14.2 Å². The molecule has 1 atom stereocenters. The van der Waals surface area contributed by atoms with E-state index >= 15 is 0 Å². The van der Waals surface area contributed by atoms with Crippen molar-refractivity contribution in [2.45, 2.75) is 19.8 Å². The molecule has 0 aliphatic rings. The Kier molecular flexibility index (Phi) is 7.82. The molecule has 7 heteroatoms. The Morgan fingerprint density at radius 1 is 0.929 bits per heavy atom. The topological polar surface area (TPSA) is 78.9 Å². The monoisotopic (exact) mass is 404 g/mol. The van der Waals surface area contributed by atoms with Crippen molar-refractivity contribution in [1.82, 2.24) is 0 Å². The van der Waals surface area contributed by atoms with Crippen molar-refractivity contribution in [3.05, 3.63) is 54.1 Å². The Morgan fingerprint density at radius 2 is 1.54 bits per heavy atom. The lowest BCUT2D eigenvalue weighted by Crippen LogP contribution is -2.19. The average molecular weight is 404 g/mol. The van der Waals surface area contributed by atoms with Crippen LogP contribution >= 0.6 is 7.14 Å². The zero-order valence-electron chi connectivity index (χ0n) is 16.3. The number of carbonyl (C=O) groups excluding carboxylic acids is 2. The number of carbonyl (C=O) groups is 2. The Hall–Kier alpha value is -2.59. The molecular formula is C21H25O6P. The summed E-state index contributed by atoms with van der Waals surface area (Å²) in [5.41, 5.74) is -0.488. The lowest BCUT2D eigenvalue weighted by Gasteiger charge is -2.20. The molecule has 6 nitrogen and oxygen atoms in total. The molecule has 150 valence electrons. The summed E-state index contributed by atoms with van der Waals surface area (Å²) in [4.78, 5) is 25.5. The van der Waals surface area contributed by atoms with Crippen molar-refractivity contribution in [2.75, 3.05) is 27.0 Å². The van der Waals surface area contributed by atoms with E-state index in [4.69, 9.17) is 14.2 Å². The van der Waals surface area contributed by atoms with E-state index in [2.05, 4.69) is 0 Å². The summed E-state index contributed by atoms with van der Waals surface area (Å²) in [6.45, 7) is 2.18. The van der Waals surface area contributed by atoms with E-state index in [0.717, 1.165) is 0 Å². The summed E-state index contributed by atoms with van der Waals surface area (Å²) in [6.07, 6.45) is 0.453. The van der Waals surface area contributed by atoms with Crippen LogP contribution in [0, 0.1) is 0 Å². The van der Waals surface area contributed by atoms with Crippen molar-refractivity contribution in [2.24, 2.45) is 0 Å². The van der Waals surface area contributed by atoms with Crippen molar-refractivity contribution in [1.29, 1.82) is 0 Å². The van der Waals surface area contributed by atoms with Gasteiger partial charge in [-0.2, -0.15) is 0 Å². The molecule has 2 aromatic carbocycles. The largest absolute Gasteiger partial charge is 0.496 e. The second kappa shape index (κ2) is 10.1. The maximum Gasteiger partial charge on any atom is 0.306 e. The van der Waals surface area contributed by atoms with Crippen molar-refractivity contribution >= 4 is 23.9 Å². The first-order valence-electron chi connectivity index (χ1n) is 9.04. The van der Waals surface area contributed by atoms with Crippen LogP contribution < -0.4 is 14.8 Å². The lowest BCUT2D eigenvalue weighted by atomic mass is 10.2. The molecule has 0 saturated carbocycles. The van der Waals surface area contributed by atoms with E-state index in [1.807, 2.05) is 6.92 Å². The van der Waals surface area contributed by atoms with Gasteiger partial charge in [-0.05, 0) is 18.6 Å². The molecule has 0 amide bonds. The Bertz CT molecular complexity index is 840. The predicted molar refractivity (Wildman–Crippen MR) is 108 cm³/mol. The molecule has 2 rings (SSSR count). The minimum Gasteiger partial charge on any atom is -0.496 e. The highest BCUT2D eigenvalue weighted by Crippen LogP contribution is 2.51. The number of esters is 1. The molecule has 0 aliphatic heterocycles. The average Bonchev–Trinajstić information content (AvgIpc) is 2.75. The molecule has 0 fully saturated rings. The van der Waals surface area contributed by atoms with E-state index < -0.39 is 18.6 Å².